The van der Waals surface area contributed by atoms with Crippen molar-refractivity contribution in [3.8, 4) is 11.5 Å². The van der Waals surface area contributed by atoms with Crippen molar-refractivity contribution in [2.75, 3.05) is 14.2 Å². The summed E-state index contributed by atoms with van der Waals surface area (Å²) in [6.45, 7) is 0.916. The highest BCUT2D eigenvalue weighted by Gasteiger charge is 2.15. The standard InChI is InChI=1S/C19H19N3O3S/c1-22(19(23)18-11-20-21-26-18)12-15-8-9-16(17(10-15)24-2)25-13-14-6-4-3-5-7-14/h3-11H,12-13H2,1-2H3. The van der Waals surface area contributed by atoms with Crippen molar-refractivity contribution in [2.45, 2.75) is 13.2 Å². The van der Waals surface area contributed by atoms with Gasteiger partial charge in [0.1, 0.15) is 11.5 Å². The van der Waals surface area contributed by atoms with Crippen LogP contribution in [0.2, 0.25) is 0 Å². The fourth-order valence-electron chi connectivity index (χ4n) is 2.46. The highest BCUT2D eigenvalue weighted by molar-refractivity contribution is 7.07. The lowest BCUT2D eigenvalue weighted by molar-refractivity contribution is 0.0789. The minimum Gasteiger partial charge on any atom is -0.493 e. The van der Waals surface area contributed by atoms with E-state index in [9.17, 15) is 4.79 Å². The Morgan fingerprint density at radius 1 is 1.12 bits per heavy atom. The molecule has 0 unspecified atom stereocenters. The van der Waals surface area contributed by atoms with E-state index in [1.54, 1.807) is 19.1 Å². The topological polar surface area (TPSA) is 64.5 Å². The van der Waals surface area contributed by atoms with Gasteiger partial charge < -0.3 is 14.4 Å². The monoisotopic (exact) mass is 369 g/mol. The molecule has 26 heavy (non-hydrogen) atoms. The average Bonchev–Trinajstić information content (AvgIpc) is 3.21. The largest absolute Gasteiger partial charge is 0.493 e. The smallest absolute Gasteiger partial charge is 0.267 e. The third-order valence-electron chi connectivity index (χ3n) is 3.80. The number of aromatic nitrogens is 2. The lowest BCUT2D eigenvalue weighted by Gasteiger charge is -2.17. The highest BCUT2D eigenvalue weighted by Crippen LogP contribution is 2.29. The van der Waals surface area contributed by atoms with Crippen LogP contribution in [-0.4, -0.2) is 34.6 Å². The molecular weight excluding hydrogens is 350 g/mol. The molecule has 3 aromatic rings. The lowest BCUT2D eigenvalue weighted by Crippen LogP contribution is -2.25. The van der Waals surface area contributed by atoms with Crippen LogP contribution in [-0.2, 0) is 13.2 Å². The quantitative estimate of drug-likeness (QED) is 0.639. The van der Waals surface area contributed by atoms with Crippen LogP contribution >= 0.6 is 11.5 Å². The van der Waals surface area contributed by atoms with E-state index in [2.05, 4.69) is 9.59 Å². The minimum atomic E-state index is -0.108. The lowest BCUT2D eigenvalue weighted by atomic mass is 10.2. The second-order valence-corrected chi connectivity index (χ2v) is 6.49. The van der Waals surface area contributed by atoms with Crippen LogP contribution in [0.25, 0.3) is 0 Å². The average molecular weight is 369 g/mol. The predicted molar refractivity (Wildman–Crippen MR) is 99.5 cm³/mol. The molecule has 134 valence electrons. The molecule has 0 saturated carbocycles. The molecule has 3 rings (SSSR count). The van der Waals surface area contributed by atoms with Gasteiger partial charge in [-0.25, -0.2) is 0 Å². The fraction of sp³-hybridized carbons (Fsp3) is 0.211. The Morgan fingerprint density at radius 2 is 1.92 bits per heavy atom. The molecule has 0 aliphatic carbocycles. The van der Waals surface area contributed by atoms with Gasteiger partial charge in [-0.3, -0.25) is 4.79 Å². The van der Waals surface area contributed by atoms with Gasteiger partial charge in [0.05, 0.1) is 13.3 Å². The number of hydrogen-bond donors (Lipinski definition) is 0. The zero-order chi connectivity index (χ0) is 18.4. The van der Waals surface area contributed by atoms with Gasteiger partial charge in [0.25, 0.3) is 5.91 Å². The molecule has 0 atom stereocenters. The van der Waals surface area contributed by atoms with Crippen LogP contribution < -0.4 is 9.47 Å². The van der Waals surface area contributed by atoms with Crippen molar-refractivity contribution in [2.24, 2.45) is 0 Å². The van der Waals surface area contributed by atoms with Crippen molar-refractivity contribution in [3.05, 3.63) is 70.7 Å². The summed E-state index contributed by atoms with van der Waals surface area (Å²) in [5, 5.41) is 3.70. The van der Waals surface area contributed by atoms with Crippen LogP contribution in [0.5, 0.6) is 11.5 Å². The maximum absolute atomic E-state index is 12.3. The Morgan fingerprint density at radius 3 is 2.62 bits per heavy atom. The first kappa shape index (κ1) is 17.9. The summed E-state index contributed by atoms with van der Waals surface area (Å²) in [6.07, 6.45) is 1.48. The van der Waals surface area contributed by atoms with E-state index in [4.69, 9.17) is 9.47 Å². The molecule has 0 bridgehead atoms. The van der Waals surface area contributed by atoms with E-state index < -0.39 is 0 Å². The second kappa shape index (κ2) is 8.44. The molecular formula is C19H19N3O3S. The Balaban J connectivity index is 1.67. The maximum Gasteiger partial charge on any atom is 0.267 e. The number of amides is 1. The number of nitrogens with zero attached hydrogens (tertiary/aromatic N) is 3. The van der Waals surface area contributed by atoms with Crippen LogP contribution in [0, 0.1) is 0 Å². The summed E-state index contributed by atoms with van der Waals surface area (Å²) >= 11 is 1.09. The van der Waals surface area contributed by atoms with Gasteiger partial charge in [-0.05, 0) is 34.8 Å². The number of methoxy groups -OCH3 is 1. The van der Waals surface area contributed by atoms with Gasteiger partial charge in [-0.2, -0.15) is 0 Å². The number of benzene rings is 2. The molecule has 0 N–H and O–H groups in total. The van der Waals surface area contributed by atoms with Crippen LogP contribution in [0.4, 0.5) is 0 Å². The first-order valence-electron chi connectivity index (χ1n) is 8.04. The van der Waals surface area contributed by atoms with E-state index in [1.165, 1.54) is 6.20 Å². The number of hydrogen-bond acceptors (Lipinski definition) is 6. The van der Waals surface area contributed by atoms with Crippen LogP contribution in [0.15, 0.2) is 54.7 Å². The number of rotatable bonds is 7. The van der Waals surface area contributed by atoms with Gasteiger partial charge in [0.2, 0.25) is 0 Å². The molecule has 0 saturated heterocycles. The third kappa shape index (κ3) is 4.37. The van der Waals surface area contributed by atoms with Crippen molar-refractivity contribution in [1.82, 2.24) is 14.5 Å². The molecule has 7 heteroatoms. The zero-order valence-electron chi connectivity index (χ0n) is 14.6. The molecule has 2 aromatic carbocycles. The van der Waals surface area contributed by atoms with Crippen molar-refractivity contribution < 1.29 is 14.3 Å². The summed E-state index contributed by atoms with van der Waals surface area (Å²) < 4.78 is 15.0. The SMILES string of the molecule is COc1cc(CN(C)C(=O)c2cnns2)ccc1OCc1ccccc1. The summed E-state index contributed by atoms with van der Waals surface area (Å²) in [7, 11) is 3.35. The summed E-state index contributed by atoms with van der Waals surface area (Å²) in [5.74, 6) is 1.20. The summed E-state index contributed by atoms with van der Waals surface area (Å²) in [6, 6.07) is 15.6. The van der Waals surface area contributed by atoms with Gasteiger partial charge in [-0.1, -0.05) is 40.9 Å². The van der Waals surface area contributed by atoms with E-state index in [0.717, 1.165) is 22.7 Å². The van der Waals surface area contributed by atoms with Gasteiger partial charge >= 0.3 is 0 Å². The van der Waals surface area contributed by atoms with E-state index in [1.807, 2.05) is 48.5 Å². The van der Waals surface area contributed by atoms with Gasteiger partial charge in [0.15, 0.2) is 11.5 Å². The molecule has 1 heterocycles. The van der Waals surface area contributed by atoms with Gasteiger partial charge in [0, 0.05) is 13.6 Å². The molecule has 1 amide bonds. The Hall–Kier alpha value is -2.93. The number of carbonyl (C=O) groups excluding carboxylic acids is 1. The molecule has 6 nitrogen and oxygen atoms in total. The highest BCUT2D eigenvalue weighted by atomic mass is 32.1. The molecule has 0 spiro atoms. The van der Waals surface area contributed by atoms with Crippen molar-refractivity contribution in [1.29, 1.82) is 0 Å². The third-order valence-corrected chi connectivity index (χ3v) is 4.46. The second-order valence-electron chi connectivity index (χ2n) is 5.70. The molecule has 1 aromatic heterocycles. The van der Waals surface area contributed by atoms with E-state index in [-0.39, 0.29) is 5.91 Å². The summed E-state index contributed by atoms with van der Waals surface area (Å²) in [4.78, 5) is 14.4. The normalized spacial score (nSPS) is 10.4. The number of ether oxygens (including phenoxy) is 2. The van der Waals surface area contributed by atoms with E-state index in [0.29, 0.717) is 29.5 Å². The summed E-state index contributed by atoms with van der Waals surface area (Å²) in [5.41, 5.74) is 2.03. The molecule has 0 aliphatic rings. The first-order chi connectivity index (χ1) is 12.7. The van der Waals surface area contributed by atoms with E-state index >= 15 is 0 Å². The zero-order valence-corrected chi connectivity index (χ0v) is 15.4. The predicted octanol–water partition coefficient (Wildman–Crippen LogP) is 3.40. The maximum atomic E-state index is 12.3. The minimum absolute atomic E-state index is 0.108. The number of carbonyl (C=O) groups is 1. The Bertz CT molecular complexity index is 854. The molecule has 0 fully saturated rings. The van der Waals surface area contributed by atoms with Crippen molar-refractivity contribution in [3.63, 3.8) is 0 Å². The van der Waals surface area contributed by atoms with Crippen LogP contribution in [0.1, 0.15) is 20.8 Å². The fourth-order valence-corrected chi connectivity index (χ4v) is 2.97. The van der Waals surface area contributed by atoms with Gasteiger partial charge in [-0.15, -0.1) is 5.10 Å². The Labute approximate surface area is 156 Å². The van der Waals surface area contributed by atoms with Crippen LogP contribution in [0.3, 0.4) is 0 Å². The Kier molecular flexibility index (Phi) is 5.80. The molecule has 0 radical (unpaired) electrons. The van der Waals surface area contributed by atoms with Crippen molar-refractivity contribution >= 4 is 17.4 Å². The molecule has 0 aliphatic heterocycles. The first-order valence-corrected chi connectivity index (χ1v) is 8.81.